The summed E-state index contributed by atoms with van der Waals surface area (Å²) in [7, 11) is -4.21. The second kappa shape index (κ2) is 8.49. The average molecular weight is 304 g/mol. The smallest absolute Gasteiger partial charge is 0.266 e. The van der Waals surface area contributed by atoms with Crippen LogP contribution >= 0.6 is 0 Å². The highest BCUT2D eigenvalue weighted by atomic mass is 32.2. The molecule has 0 spiro atoms. The molecule has 0 fully saturated rings. The van der Waals surface area contributed by atoms with Crippen molar-refractivity contribution in [2.24, 2.45) is 0 Å². The van der Waals surface area contributed by atoms with Gasteiger partial charge in [0, 0.05) is 12.1 Å². The van der Waals surface area contributed by atoms with Crippen molar-refractivity contribution in [1.29, 1.82) is 0 Å². The maximum Gasteiger partial charge on any atom is 0.266 e. The Hall–Kier alpha value is -1.67. The summed E-state index contributed by atoms with van der Waals surface area (Å²) in [5, 5.41) is 5.03. The minimum atomic E-state index is -4.21. The van der Waals surface area contributed by atoms with Crippen LogP contribution in [0.1, 0.15) is 19.8 Å². The van der Waals surface area contributed by atoms with Gasteiger partial charge in [0.2, 0.25) is 11.8 Å². The molecule has 8 heteroatoms. The predicted octanol–water partition coefficient (Wildman–Crippen LogP) is 0.0159. The molecule has 2 amide bonds. The predicted molar refractivity (Wildman–Crippen MR) is 75.6 cm³/mol. The van der Waals surface area contributed by atoms with Crippen LogP contribution in [-0.4, -0.2) is 42.6 Å². The van der Waals surface area contributed by atoms with E-state index in [1.165, 1.54) is 0 Å². The van der Waals surface area contributed by atoms with Crippen LogP contribution in [0.2, 0.25) is 0 Å². The Bertz CT molecular complexity index is 472. The highest BCUT2D eigenvalue weighted by molar-refractivity contribution is 7.85. The summed E-state index contributed by atoms with van der Waals surface area (Å²) in [4.78, 5) is 22.3. The van der Waals surface area contributed by atoms with Crippen LogP contribution in [0.3, 0.4) is 0 Å². The van der Waals surface area contributed by atoms with Crippen LogP contribution in [0.25, 0.3) is 0 Å². The quantitative estimate of drug-likeness (QED) is 0.410. The van der Waals surface area contributed by atoms with Gasteiger partial charge >= 0.3 is 0 Å². The van der Waals surface area contributed by atoms with Crippen LogP contribution in [0.15, 0.2) is 25.3 Å². The molecule has 0 rings (SSSR count). The fourth-order valence-electron chi connectivity index (χ4n) is 1.54. The molecule has 2 atom stereocenters. The Balaban J connectivity index is 4.48. The van der Waals surface area contributed by atoms with Gasteiger partial charge < -0.3 is 10.6 Å². The van der Waals surface area contributed by atoms with E-state index in [2.05, 4.69) is 23.8 Å². The van der Waals surface area contributed by atoms with Gasteiger partial charge in [-0.1, -0.05) is 13.2 Å². The summed E-state index contributed by atoms with van der Waals surface area (Å²) in [5.74, 6) is -1.45. The lowest BCUT2D eigenvalue weighted by Gasteiger charge is -2.19. The molecule has 0 aliphatic rings. The van der Waals surface area contributed by atoms with Crippen molar-refractivity contribution in [1.82, 2.24) is 10.6 Å². The van der Waals surface area contributed by atoms with Crippen LogP contribution < -0.4 is 10.6 Å². The van der Waals surface area contributed by atoms with Crippen LogP contribution in [0, 0.1) is 0 Å². The number of hydrogen-bond acceptors (Lipinski definition) is 4. The van der Waals surface area contributed by atoms with E-state index >= 15 is 0 Å². The van der Waals surface area contributed by atoms with Gasteiger partial charge in [-0.05, 0) is 31.9 Å². The van der Waals surface area contributed by atoms with E-state index in [0.29, 0.717) is 6.42 Å². The third kappa shape index (κ3) is 9.29. The van der Waals surface area contributed by atoms with Crippen LogP contribution in [-0.2, 0) is 19.7 Å². The number of amides is 2. The van der Waals surface area contributed by atoms with Gasteiger partial charge in [0.05, 0.1) is 5.75 Å². The summed E-state index contributed by atoms with van der Waals surface area (Å²) in [6.07, 6.45) is 2.85. The molecule has 0 aliphatic carbocycles. The molecule has 0 aromatic rings. The van der Waals surface area contributed by atoms with Crippen molar-refractivity contribution >= 4 is 21.9 Å². The van der Waals surface area contributed by atoms with Crippen molar-refractivity contribution in [2.45, 2.75) is 31.8 Å². The standard InChI is InChI=1S/C12H20N2O5S/c1-4-11(15)13-9(3)6-7-10(8-20(17,18)19)14-12(16)5-2/h4-5,9-10H,1-2,6-8H2,3H3,(H,13,15)(H,14,16)(H,17,18,19). The molecular formula is C12H20N2O5S. The van der Waals surface area contributed by atoms with Gasteiger partial charge in [0.1, 0.15) is 0 Å². The number of carbonyl (C=O) groups excluding carboxylic acids is 2. The van der Waals surface area contributed by atoms with E-state index in [9.17, 15) is 18.0 Å². The summed E-state index contributed by atoms with van der Waals surface area (Å²) in [6, 6.07) is -0.969. The molecule has 2 unspecified atom stereocenters. The Morgan fingerprint density at radius 1 is 1.15 bits per heavy atom. The van der Waals surface area contributed by atoms with E-state index in [1.54, 1.807) is 6.92 Å². The monoisotopic (exact) mass is 304 g/mol. The first-order chi connectivity index (χ1) is 9.17. The molecule has 0 aromatic heterocycles. The van der Waals surface area contributed by atoms with Gasteiger partial charge in [-0.15, -0.1) is 0 Å². The topological polar surface area (TPSA) is 113 Å². The first-order valence-electron chi connectivity index (χ1n) is 5.99. The Labute approximate surface area is 118 Å². The zero-order valence-corrected chi connectivity index (χ0v) is 12.1. The van der Waals surface area contributed by atoms with Crippen LogP contribution in [0.5, 0.6) is 0 Å². The first-order valence-corrected chi connectivity index (χ1v) is 7.60. The Morgan fingerprint density at radius 3 is 2.10 bits per heavy atom. The lowest BCUT2D eigenvalue weighted by molar-refractivity contribution is -0.118. The molecule has 7 nitrogen and oxygen atoms in total. The van der Waals surface area contributed by atoms with E-state index in [-0.39, 0.29) is 18.4 Å². The summed E-state index contributed by atoms with van der Waals surface area (Å²) in [5.41, 5.74) is 0. The van der Waals surface area contributed by atoms with Gasteiger partial charge in [0.25, 0.3) is 10.1 Å². The van der Waals surface area contributed by atoms with Crippen molar-refractivity contribution in [3.63, 3.8) is 0 Å². The second-order valence-corrected chi connectivity index (χ2v) is 5.85. The molecule has 0 saturated heterocycles. The van der Waals surface area contributed by atoms with E-state index in [0.717, 1.165) is 12.2 Å². The minimum Gasteiger partial charge on any atom is -0.350 e. The molecule has 0 saturated carbocycles. The highest BCUT2D eigenvalue weighted by Crippen LogP contribution is 2.05. The zero-order chi connectivity index (χ0) is 15.8. The SMILES string of the molecule is C=CC(=O)NC(C)CCC(CS(=O)(=O)O)NC(=O)C=C. The normalized spacial score (nSPS) is 13.9. The maximum absolute atomic E-state index is 11.2. The number of hydrogen-bond donors (Lipinski definition) is 3. The fourth-order valence-corrected chi connectivity index (χ4v) is 2.30. The number of rotatable bonds is 9. The lowest BCUT2D eigenvalue weighted by Crippen LogP contribution is -2.40. The van der Waals surface area contributed by atoms with Gasteiger partial charge in [-0.25, -0.2) is 0 Å². The Morgan fingerprint density at radius 2 is 1.65 bits per heavy atom. The van der Waals surface area contributed by atoms with E-state index in [4.69, 9.17) is 4.55 Å². The molecule has 0 bridgehead atoms. The highest BCUT2D eigenvalue weighted by Gasteiger charge is 2.19. The van der Waals surface area contributed by atoms with E-state index in [1.807, 2.05) is 0 Å². The second-order valence-electron chi connectivity index (χ2n) is 4.35. The molecule has 0 aromatic carbocycles. The maximum atomic E-state index is 11.2. The van der Waals surface area contributed by atoms with Gasteiger partial charge in [0.15, 0.2) is 0 Å². The third-order valence-corrected chi connectivity index (χ3v) is 3.29. The van der Waals surface area contributed by atoms with Crippen LogP contribution in [0.4, 0.5) is 0 Å². The average Bonchev–Trinajstić information content (AvgIpc) is 2.33. The Kier molecular flexibility index (Phi) is 7.78. The lowest BCUT2D eigenvalue weighted by atomic mass is 10.1. The molecule has 114 valence electrons. The molecule has 0 aliphatic heterocycles. The largest absolute Gasteiger partial charge is 0.350 e. The molecule has 0 radical (unpaired) electrons. The summed E-state index contributed by atoms with van der Waals surface area (Å²) in [6.45, 7) is 8.32. The van der Waals surface area contributed by atoms with Crippen molar-refractivity contribution in [3.05, 3.63) is 25.3 Å². The summed E-state index contributed by atoms with van der Waals surface area (Å²) >= 11 is 0. The summed E-state index contributed by atoms with van der Waals surface area (Å²) < 4.78 is 30.6. The first kappa shape index (κ1) is 18.3. The van der Waals surface area contributed by atoms with Crippen molar-refractivity contribution in [2.75, 3.05) is 5.75 Å². The minimum absolute atomic E-state index is 0.218. The molecule has 3 N–H and O–H groups in total. The van der Waals surface area contributed by atoms with Gasteiger partial charge in [-0.3, -0.25) is 14.1 Å². The van der Waals surface area contributed by atoms with Crippen molar-refractivity contribution in [3.8, 4) is 0 Å². The number of carbonyl (C=O) groups is 2. The zero-order valence-electron chi connectivity index (χ0n) is 11.3. The molecule has 20 heavy (non-hydrogen) atoms. The van der Waals surface area contributed by atoms with Gasteiger partial charge in [-0.2, -0.15) is 8.42 Å². The van der Waals surface area contributed by atoms with E-state index < -0.39 is 27.8 Å². The fraction of sp³-hybridized carbons (Fsp3) is 0.500. The molecule has 0 heterocycles. The van der Waals surface area contributed by atoms with Crippen molar-refractivity contribution < 1.29 is 22.6 Å². The third-order valence-electron chi connectivity index (χ3n) is 2.47. The molecular weight excluding hydrogens is 284 g/mol. The number of nitrogens with one attached hydrogen (secondary N) is 2.